The van der Waals surface area contributed by atoms with Gasteiger partial charge in [0.25, 0.3) is 5.91 Å². The molecule has 5 nitrogen and oxygen atoms in total. The van der Waals surface area contributed by atoms with E-state index in [2.05, 4.69) is 18.8 Å². The minimum Gasteiger partial charge on any atom is -0.336 e. The maximum atomic E-state index is 13.2. The van der Waals surface area contributed by atoms with Crippen molar-refractivity contribution in [3.63, 3.8) is 0 Å². The number of Topliss-reactive ketones (excluding diaryl/α,β-unsaturated/α-hetero) is 1. The molecule has 1 atom stereocenters. The maximum Gasteiger partial charge on any atom is 0.254 e. The number of hydrogen-bond donors (Lipinski definition) is 0. The summed E-state index contributed by atoms with van der Waals surface area (Å²) in [5.74, 6) is 1.14. The van der Waals surface area contributed by atoms with Crippen molar-refractivity contribution in [1.29, 1.82) is 0 Å². The Bertz CT molecular complexity index is 881. The first kappa shape index (κ1) is 17.0. The molecule has 0 N–H and O–H groups in total. The van der Waals surface area contributed by atoms with Crippen LogP contribution in [0.5, 0.6) is 0 Å². The van der Waals surface area contributed by atoms with Gasteiger partial charge in [-0.3, -0.25) is 9.59 Å². The summed E-state index contributed by atoms with van der Waals surface area (Å²) in [6, 6.07) is 5.56. The van der Waals surface area contributed by atoms with Gasteiger partial charge in [-0.2, -0.15) is 0 Å². The zero-order chi connectivity index (χ0) is 18.5. The quantitative estimate of drug-likeness (QED) is 0.778. The van der Waals surface area contributed by atoms with Gasteiger partial charge in [-0.25, -0.2) is 4.98 Å². The topological polar surface area (TPSA) is 55.2 Å². The number of hydrogen-bond acceptors (Lipinski definition) is 3. The first-order chi connectivity index (χ1) is 12.4. The van der Waals surface area contributed by atoms with Crippen LogP contribution in [0.25, 0.3) is 0 Å². The van der Waals surface area contributed by atoms with E-state index in [1.54, 1.807) is 6.20 Å². The molecule has 1 fully saturated rings. The number of carbonyl (C=O) groups is 2. The van der Waals surface area contributed by atoms with E-state index < -0.39 is 0 Å². The Morgan fingerprint density at radius 2 is 2.00 bits per heavy atom. The Morgan fingerprint density at radius 3 is 2.69 bits per heavy atom. The molecule has 0 radical (unpaired) electrons. The predicted octanol–water partition coefficient (Wildman–Crippen LogP) is 3.55. The highest BCUT2D eigenvalue weighted by molar-refractivity contribution is 6.00. The van der Waals surface area contributed by atoms with Crippen molar-refractivity contribution < 1.29 is 9.59 Å². The molecule has 5 heteroatoms. The lowest BCUT2D eigenvalue weighted by atomic mass is 9.74. The van der Waals surface area contributed by atoms with Crippen LogP contribution in [0.3, 0.4) is 0 Å². The number of fused-ring (bicyclic) bond motifs is 1. The van der Waals surface area contributed by atoms with Crippen molar-refractivity contribution in [1.82, 2.24) is 14.5 Å². The summed E-state index contributed by atoms with van der Waals surface area (Å²) >= 11 is 0. The molecular formula is C21H25N3O2. The lowest BCUT2D eigenvalue weighted by Gasteiger charge is -2.53. The van der Waals surface area contributed by atoms with E-state index in [-0.39, 0.29) is 23.1 Å². The summed E-state index contributed by atoms with van der Waals surface area (Å²) in [7, 11) is 1.97. The molecule has 2 aliphatic rings. The molecule has 26 heavy (non-hydrogen) atoms. The lowest BCUT2D eigenvalue weighted by Crippen LogP contribution is -2.58. The minimum atomic E-state index is -0.0320. The molecule has 1 amide bonds. The largest absolute Gasteiger partial charge is 0.336 e. The molecular weight excluding hydrogens is 326 g/mol. The summed E-state index contributed by atoms with van der Waals surface area (Å²) in [6.07, 6.45) is 7.11. The molecule has 2 heterocycles. The normalized spacial score (nSPS) is 21.7. The summed E-state index contributed by atoms with van der Waals surface area (Å²) < 4.78 is 1.99. The highest BCUT2D eigenvalue weighted by atomic mass is 16.2. The Balaban J connectivity index is 1.65. The summed E-state index contributed by atoms with van der Waals surface area (Å²) in [4.78, 5) is 31.8. The number of likely N-dealkylation sites (tertiary alicyclic amines) is 1. The first-order valence-electron chi connectivity index (χ1n) is 9.33. The number of carbonyl (C=O) groups excluding carboxylic acids is 2. The molecule has 1 aromatic heterocycles. The Morgan fingerprint density at radius 1 is 1.23 bits per heavy atom. The van der Waals surface area contributed by atoms with Gasteiger partial charge in [-0.1, -0.05) is 19.9 Å². The van der Waals surface area contributed by atoms with Crippen LogP contribution in [-0.4, -0.2) is 32.7 Å². The second-order valence-corrected chi connectivity index (χ2v) is 8.22. The number of benzene rings is 1. The third-order valence-corrected chi connectivity index (χ3v) is 5.75. The predicted molar refractivity (Wildman–Crippen MR) is 99.1 cm³/mol. The SMILES string of the molecule is Cn1ccnc1C1N(C(=O)c2ccc3c(c2)CCCCC3=O)CC1(C)C. The van der Waals surface area contributed by atoms with Crippen molar-refractivity contribution >= 4 is 11.7 Å². The van der Waals surface area contributed by atoms with Gasteiger partial charge in [-0.05, 0) is 37.0 Å². The standard InChI is InChI=1S/C21H25N3O2/c1-21(2)13-24(18(21)19-22-10-11-23(19)3)20(26)15-8-9-16-14(12-15)6-4-5-7-17(16)25/h8-12,18H,4-7,13H2,1-3H3. The molecule has 1 aliphatic carbocycles. The van der Waals surface area contributed by atoms with Gasteiger partial charge in [0, 0.05) is 48.9 Å². The van der Waals surface area contributed by atoms with Crippen LogP contribution in [0.2, 0.25) is 0 Å². The van der Waals surface area contributed by atoms with Crippen LogP contribution >= 0.6 is 0 Å². The molecule has 0 spiro atoms. The van der Waals surface area contributed by atoms with E-state index >= 15 is 0 Å². The highest BCUT2D eigenvalue weighted by Gasteiger charge is 2.50. The zero-order valence-electron chi connectivity index (χ0n) is 15.7. The third-order valence-electron chi connectivity index (χ3n) is 5.75. The molecule has 0 saturated carbocycles. The van der Waals surface area contributed by atoms with Gasteiger partial charge in [0.15, 0.2) is 5.78 Å². The van der Waals surface area contributed by atoms with Crippen molar-refractivity contribution in [2.45, 2.75) is 45.6 Å². The van der Waals surface area contributed by atoms with E-state index in [0.29, 0.717) is 18.5 Å². The summed E-state index contributed by atoms with van der Waals surface area (Å²) in [5.41, 5.74) is 2.49. The van der Waals surface area contributed by atoms with E-state index in [1.807, 2.05) is 40.9 Å². The number of imidazole rings is 1. The number of ketones is 1. The van der Waals surface area contributed by atoms with E-state index in [4.69, 9.17) is 0 Å². The minimum absolute atomic E-state index is 0.00354. The average molecular weight is 351 g/mol. The highest BCUT2D eigenvalue weighted by Crippen LogP contribution is 2.48. The average Bonchev–Trinajstić information content (AvgIpc) is 2.91. The van der Waals surface area contributed by atoms with Crippen LogP contribution in [0.4, 0.5) is 0 Å². The number of amides is 1. The van der Waals surface area contributed by atoms with Gasteiger partial charge in [0.1, 0.15) is 5.82 Å². The fraction of sp³-hybridized carbons (Fsp3) is 0.476. The van der Waals surface area contributed by atoms with Gasteiger partial charge in [-0.15, -0.1) is 0 Å². The van der Waals surface area contributed by atoms with Gasteiger partial charge < -0.3 is 9.47 Å². The molecule has 1 saturated heterocycles. The molecule has 2 aromatic rings. The van der Waals surface area contributed by atoms with E-state index in [0.717, 1.165) is 36.2 Å². The van der Waals surface area contributed by atoms with Crippen molar-refractivity contribution in [3.05, 3.63) is 53.1 Å². The number of aromatic nitrogens is 2. The van der Waals surface area contributed by atoms with Crippen molar-refractivity contribution in [2.75, 3.05) is 6.54 Å². The van der Waals surface area contributed by atoms with Crippen LogP contribution in [0.1, 0.15) is 71.3 Å². The van der Waals surface area contributed by atoms with Gasteiger partial charge in [0.2, 0.25) is 0 Å². The van der Waals surface area contributed by atoms with Crippen molar-refractivity contribution in [2.24, 2.45) is 12.5 Å². The molecule has 4 rings (SSSR count). The zero-order valence-corrected chi connectivity index (χ0v) is 15.7. The Hall–Kier alpha value is -2.43. The molecule has 0 bridgehead atoms. The third kappa shape index (κ3) is 2.66. The van der Waals surface area contributed by atoms with Crippen LogP contribution in [0.15, 0.2) is 30.6 Å². The number of rotatable bonds is 2. The lowest BCUT2D eigenvalue weighted by molar-refractivity contribution is -0.0375. The first-order valence-corrected chi connectivity index (χ1v) is 9.33. The van der Waals surface area contributed by atoms with E-state index in [1.165, 1.54) is 0 Å². The Labute approximate surface area is 154 Å². The van der Waals surface area contributed by atoms with Crippen LogP contribution < -0.4 is 0 Å². The Kier molecular flexibility index (Phi) is 3.98. The maximum absolute atomic E-state index is 13.2. The smallest absolute Gasteiger partial charge is 0.254 e. The van der Waals surface area contributed by atoms with Crippen LogP contribution in [-0.2, 0) is 13.5 Å². The summed E-state index contributed by atoms with van der Waals surface area (Å²) in [6.45, 7) is 5.05. The molecule has 1 aliphatic heterocycles. The fourth-order valence-corrected chi connectivity index (χ4v) is 4.35. The van der Waals surface area contributed by atoms with Crippen molar-refractivity contribution in [3.8, 4) is 0 Å². The molecule has 1 unspecified atom stereocenters. The number of nitrogens with zero attached hydrogens (tertiary/aromatic N) is 3. The number of aryl methyl sites for hydroxylation is 2. The second kappa shape index (κ2) is 6.08. The molecule has 1 aromatic carbocycles. The fourth-order valence-electron chi connectivity index (χ4n) is 4.35. The molecule has 136 valence electrons. The van der Waals surface area contributed by atoms with Crippen LogP contribution in [0, 0.1) is 5.41 Å². The monoisotopic (exact) mass is 351 g/mol. The van der Waals surface area contributed by atoms with Gasteiger partial charge >= 0.3 is 0 Å². The van der Waals surface area contributed by atoms with Gasteiger partial charge in [0.05, 0.1) is 6.04 Å². The summed E-state index contributed by atoms with van der Waals surface area (Å²) in [5, 5.41) is 0. The van der Waals surface area contributed by atoms with E-state index in [9.17, 15) is 9.59 Å². The second-order valence-electron chi connectivity index (χ2n) is 8.22.